The average molecular weight is 277 g/mol. The molecule has 2 heterocycles. The van der Waals surface area contributed by atoms with Crippen LogP contribution in [0.3, 0.4) is 0 Å². The van der Waals surface area contributed by atoms with E-state index in [-0.39, 0.29) is 11.3 Å². The molecule has 1 aromatic carbocycles. The van der Waals surface area contributed by atoms with Crippen LogP contribution < -0.4 is 0 Å². The van der Waals surface area contributed by atoms with Crippen LogP contribution in [0.5, 0.6) is 0 Å². The van der Waals surface area contributed by atoms with Crippen LogP contribution in [0.4, 0.5) is 0 Å². The van der Waals surface area contributed by atoms with Crippen LogP contribution in [-0.4, -0.2) is 20.8 Å². The molecule has 3 aromatic rings. The van der Waals surface area contributed by atoms with Gasteiger partial charge in [0.2, 0.25) is 0 Å². The first-order chi connectivity index (χ1) is 9.08. The molecule has 0 bridgehead atoms. The second kappa shape index (κ2) is 4.13. The van der Waals surface area contributed by atoms with Crippen molar-refractivity contribution in [2.75, 3.05) is 0 Å². The fraction of sp³-hybridized carbons (Fsp3) is 0.0769. The third-order valence-electron chi connectivity index (χ3n) is 3.04. The second-order valence-corrected chi connectivity index (χ2v) is 4.60. The molecule has 0 saturated carbocycles. The number of aromatic carboxylic acids is 1. The van der Waals surface area contributed by atoms with Gasteiger partial charge in [0.1, 0.15) is 5.56 Å². The van der Waals surface area contributed by atoms with Crippen molar-refractivity contribution in [1.82, 2.24) is 9.72 Å². The Morgan fingerprint density at radius 1 is 1.42 bits per heavy atom. The summed E-state index contributed by atoms with van der Waals surface area (Å²) in [5.41, 5.74) is 1.58. The summed E-state index contributed by atoms with van der Waals surface area (Å²) in [6.45, 7) is 0. The summed E-state index contributed by atoms with van der Waals surface area (Å²) < 4.78 is 6.90. The number of aromatic nitrogens is 2. The van der Waals surface area contributed by atoms with E-state index in [2.05, 4.69) is 5.16 Å². The van der Waals surface area contributed by atoms with Gasteiger partial charge in [0.15, 0.2) is 5.76 Å². The molecule has 0 atom stereocenters. The third-order valence-corrected chi connectivity index (χ3v) is 3.28. The zero-order valence-electron chi connectivity index (χ0n) is 9.92. The van der Waals surface area contributed by atoms with Crippen LogP contribution in [-0.2, 0) is 7.05 Å². The molecular formula is C13H9ClN2O3. The van der Waals surface area contributed by atoms with Gasteiger partial charge in [-0.25, -0.2) is 4.79 Å². The lowest BCUT2D eigenvalue weighted by molar-refractivity contribution is 0.0697. The Morgan fingerprint density at radius 2 is 2.21 bits per heavy atom. The van der Waals surface area contributed by atoms with Crippen LogP contribution in [0, 0.1) is 0 Å². The normalized spacial score (nSPS) is 11.1. The SMILES string of the molecule is Cn1c(-c2oncc2C(=O)O)cc2ccc(Cl)cc21. The number of hydrogen-bond acceptors (Lipinski definition) is 3. The van der Waals surface area contributed by atoms with E-state index in [4.69, 9.17) is 21.2 Å². The summed E-state index contributed by atoms with van der Waals surface area (Å²) in [6, 6.07) is 7.32. The van der Waals surface area contributed by atoms with Gasteiger partial charge in [-0.15, -0.1) is 0 Å². The number of fused-ring (bicyclic) bond motifs is 1. The Morgan fingerprint density at radius 3 is 2.95 bits per heavy atom. The highest BCUT2D eigenvalue weighted by Crippen LogP contribution is 2.30. The molecule has 0 aliphatic heterocycles. The van der Waals surface area contributed by atoms with Crippen LogP contribution in [0.2, 0.25) is 5.02 Å². The zero-order valence-corrected chi connectivity index (χ0v) is 10.7. The monoisotopic (exact) mass is 276 g/mol. The Hall–Kier alpha value is -2.27. The minimum Gasteiger partial charge on any atom is -0.477 e. The molecule has 96 valence electrons. The summed E-state index contributed by atoms with van der Waals surface area (Å²) in [5, 5.41) is 14.2. The molecule has 5 nitrogen and oxygen atoms in total. The quantitative estimate of drug-likeness (QED) is 0.780. The van der Waals surface area contributed by atoms with E-state index in [9.17, 15) is 4.79 Å². The fourth-order valence-electron chi connectivity index (χ4n) is 2.10. The zero-order chi connectivity index (χ0) is 13.6. The molecule has 0 fully saturated rings. The summed E-state index contributed by atoms with van der Waals surface area (Å²) in [7, 11) is 1.82. The average Bonchev–Trinajstić information content (AvgIpc) is 2.95. The number of halogens is 1. The van der Waals surface area contributed by atoms with Crippen molar-refractivity contribution < 1.29 is 14.4 Å². The Bertz CT molecular complexity index is 788. The summed E-state index contributed by atoms with van der Waals surface area (Å²) in [6.07, 6.45) is 1.20. The summed E-state index contributed by atoms with van der Waals surface area (Å²) >= 11 is 5.96. The number of rotatable bonds is 2. The molecule has 0 saturated heterocycles. The molecule has 0 spiro atoms. The predicted octanol–water partition coefficient (Wildman–Crippen LogP) is 3.18. The van der Waals surface area contributed by atoms with Crippen LogP contribution >= 0.6 is 11.6 Å². The van der Waals surface area contributed by atoms with Crippen molar-refractivity contribution in [3.05, 3.63) is 41.0 Å². The van der Waals surface area contributed by atoms with Crippen molar-refractivity contribution in [1.29, 1.82) is 0 Å². The van der Waals surface area contributed by atoms with E-state index in [1.165, 1.54) is 6.20 Å². The molecule has 6 heteroatoms. The van der Waals surface area contributed by atoms with Crippen molar-refractivity contribution in [3.63, 3.8) is 0 Å². The number of aryl methyl sites for hydroxylation is 1. The van der Waals surface area contributed by atoms with E-state index in [0.29, 0.717) is 10.7 Å². The second-order valence-electron chi connectivity index (χ2n) is 4.17. The molecule has 2 aromatic heterocycles. The number of carboxylic acid groups (broad SMARTS) is 1. The van der Waals surface area contributed by atoms with Gasteiger partial charge in [-0.05, 0) is 18.2 Å². The van der Waals surface area contributed by atoms with Crippen molar-refractivity contribution in [2.45, 2.75) is 0 Å². The summed E-state index contributed by atoms with van der Waals surface area (Å²) in [5.74, 6) is -0.832. The van der Waals surface area contributed by atoms with Gasteiger partial charge in [-0.1, -0.05) is 22.8 Å². The number of hydrogen-bond donors (Lipinski definition) is 1. The van der Waals surface area contributed by atoms with Crippen molar-refractivity contribution in [2.24, 2.45) is 7.05 Å². The Balaban J connectivity index is 2.28. The topological polar surface area (TPSA) is 68.3 Å². The van der Waals surface area contributed by atoms with E-state index in [0.717, 1.165) is 10.9 Å². The van der Waals surface area contributed by atoms with Crippen molar-refractivity contribution >= 4 is 28.5 Å². The van der Waals surface area contributed by atoms with Gasteiger partial charge >= 0.3 is 5.97 Å². The Kier molecular flexibility index (Phi) is 2.57. The van der Waals surface area contributed by atoms with Crippen LogP contribution in [0.1, 0.15) is 10.4 Å². The molecule has 19 heavy (non-hydrogen) atoms. The maximum Gasteiger partial charge on any atom is 0.341 e. The third kappa shape index (κ3) is 1.79. The Labute approximate surface area is 113 Å². The van der Waals surface area contributed by atoms with Crippen LogP contribution in [0.15, 0.2) is 35.0 Å². The fourth-order valence-corrected chi connectivity index (χ4v) is 2.26. The van der Waals surface area contributed by atoms with E-state index < -0.39 is 5.97 Å². The molecule has 0 unspecified atom stereocenters. The van der Waals surface area contributed by atoms with Gasteiger partial charge < -0.3 is 14.2 Å². The van der Waals surface area contributed by atoms with E-state index in [1.54, 1.807) is 6.07 Å². The molecular weight excluding hydrogens is 268 g/mol. The number of carbonyl (C=O) groups is 1. The maximum atomic E-state index is 11.1. The highest BCUT2D eigenvalue weighted by Gasteiger charge is 2.20. The first-order valence-electron chi connectivity index (χ1n) is 5.51. The lowest BCUT2D eigenvalue weighted by Gasteiger charge is -2.01. The van der Waals surface area contributed by atoms with Gasteiger partial charge in [0.25, 0.3) is 0 Å². The summed E-state index contributed by atoms with van der Waals surface area (Å²) in [4.78, 5) is 11.1. The first kappa shape index (κ1) is 11.8. The van der Waals surface area contributed by atoms with E-state index in [1.807, 2.05) is 29.8 Å². The van der Waals surface area contributed by atoms with E-state index >= 15 is 0 Å². The lowest BCUT2D eigenvalue weighted by atomic mass is 10.2. The largest absolute Gasteiger partial charge is 0.477 e. The lowest BCUT2D eigenvalue weighted by Crippen LogP contribution is -1.98. The molecule has 0 radical (unpaired) electrons. The first-order valence-corrected chi connectivity index (χ1v) is 5.89. The van der Waals surface area contributed by atoms with Gasteiger partial charge in [0.05, 0.1) is 11.9 Å². The van der Waals surface area contributed by atoms with Crippen molar-refractivity contribution in [3.8, 4) is 11.5 Å². The highest BCUT2D eigenvalue weighted by molar-refractivity contribution is 6.31. The minimum absolute atomic E-state index is 0.0389. The molecule has 1 N–H and O–H groups in total. The number of benzene rings is 1. The molecule has 3 rings (SSSR count). The minimum atomic E-state index is -1.07. The van der Waals surface area contributed by atoms with Gasteiger partial charge in [-0.3, -0.25) is 0 Å². The predicted molar refractivity (Wildman–Crippen MR) is 70.4 cm³/mol. The maximum absolute atomic E-state index is 11.1. The standard InChI is InChI=1S/C13H9ClN2O3/c1-16-10-5-8(14)3-2-7(10)4-11(16)12-9(13(17)18)6-15-19-12/h2-6H,1H3,(H,17,18). The molecule has 0 amide bonds. The van der Waals surface area contributed by atoms with Gasteiger partial charge in [0, 0.05) is 23.0 Å². The number of carboxylic acids is 1. The van der Waals surface area contributed by atoms with Gasteiger partial charge in [-0.2, -0.15) is 0 Å². The molecule has 0 aliphatic rings. The smallest absolute Gasteiger partial charge is 0.341 e. The molecule has 0 aliphatic carbocycles. The number of nitrogens with zero attached hydrogens (tertiary/aromatic N) is 2. The van der Waals surface area contributed by atoms with Crippen LogP contribution in [0.25, 0.3) is 22.4 Å². The highest BCUT2D eigenvalue weighted by atomic mass is 35.5.